The van der Waals surface area contributed by atoms with Crippen LogP contribution in [0.5, 0.6) is 0 Å². The normalized spacial score (nSPS) is 18.6. The van der Waals surface area contributed by atoms with Crippen LogP contribution in [0.25, 0.3) is 0 Å². The zero-order valence-electron chi connectivity index (χ0n) is 26.4. The molecule has 4 rings (SSSR count). The number of para-hydroxylation sites is 2. The summed E-state index contributed by atoms with van der Waals surface area (Å²) in [5, 5.41) is 12.7. The summed E-state index contributed by atoms with van der Waals surface area (Å²) in [5.74, 6) is 0. The first-order chi connectivity index (χ1) is 20.2. The number of hydrogen-bond acceptors (Lipinski definition) is 7. The van der Waals surface area contributed by atoms with Gasteiger partial charge in [0.1, 0.15) is 12.6 Å². The monoisotopic (exact) mass is 604 g/mol. The van der Waals surface area contributed by atoms with Gasteiger partial charge in [-0.3, -0.25) is 0 Å². The lowest BCUT2D eigenvalue weighted by atomic mass is 9.81. The van der Waals surface area contributed by atoms with Crippen LogP contribution in [0.2, 0.25) is 0 Å². The van der Waals surface area contributed by atoms with Gasteiger partial charge in [0.05, 0.1) is 11.1 Å². The second-order valence-electron chi connectivity index (χ2n) is 12.6. The van der Waals surface area contributed by atoms with Gasteiger partial charge in [-0.25, -0.2) is 10.1 Å². The van der Waals surface area contributed by atoms with Gasteiger partial charge in [0.2, 0.25) is 5.69 Å². The van der Waals surface area contributed by atoms with E-state index in [4.69, 9.17) is 14.3 Å². The van der Waals surface area contributed by atoms with Crippen molar-refractivity contribution in [1.29, 1.82) is 0 Å². The summed E-state index contributed by atoms with van der Waals surface area (Å²) in [4.78, 5) is 15.5. The molecule has 0 bridgehead atoms. The summed E-state index contributed by atoms with van der Waals surface area (Å²) < 4.78 is 13.7. The van der Waals surface area contributed by atoms with E-state index in [9.17, 15) is 4.79 Å². The van der Waals surface area contributed by atoms with E-state index in [2.05, 4.69) is 92.7 Å². The zero-order chi connectivity index (χ0) is 31.6. The molecule has 0 unspecified atom stereocenters. The number of benzene rings is 2. The lowest BCUT2D eigenvalue weighted by Crippen LogP contribution is -2.32. The van der Waals surface area contributed by atoms with Crippen LogP contribution in [0.1, 0.15) is 59.6 Å². The molecule has 43 heavy (non-hydrogen) atoms. The van der Waals surface area contributed by atoms with Gasteiger partial charge in [0, 0.05) is 41.6 Å². The first-order valence-electron chi connectivity index (χ1n) is 14.2. The summed E-state index contributed by atoms with van der Waals surface area (Å²) >= 11 is 0.509. The van der Waals surface area contributed by atoms with Gasteiger partial charge in [0.25, 0.3) is 0 Å². The third-order valence-electron chi connectivity index (χ3n) is 7.85. The summed E-state index contributed by atoms with van der Waals surface area (Å²) in [6.07, 6.45) is 10.8. The van der Waals surface area contributed by atoms with Crippen molar-refractivity contribution < 1.29 is 28.7 Å². The Morgan fingerprint density at radius 1 is 1.00 bits per heavy atom. The van der Waals surface area contributed by atoms with E-state index in [0.29, 0.717) is 17.9 Å². The Morgan fingerprint density at radius 2 is 1.65 bits per heavy atom. The molecule has 2 heterocycles. The Morgan fingerprint density at radius 3 is 2.28 bits per heavy atom. The van der Waals surface area contributed by atoms with Crippen molar-refractivity contribution >= 4 is 35.4 Å². The quantitative estimate of drug-likeness (QED) is 0.0813. The number of amides is 1. The van der Waals surface area contributed by atoms with Gasteiger partial charge in [-0.1, -0.05) is 67.4 Å². The van der Waals surface area contributed by atoms with Crippen LogP contribution in [0.4, 0.5) is 16.2 Å². The number of ether oxygens (including phenoxy) is 1. The molecule has 0 fully saturated rings. The third-order valence-corrected chi connectivity index (χ3v) is 8.48. The standard InChI is InChI=1S/C34H41N3O5S/c1-32(2,3)40-31(38)37(43-42-41-39)24(16-14-22-29-33(4,5)25-18-10-12-20-27(25)35(29)8)17-15-23-30-34(6,7)26-19-11-13-21-28(26)36(30)9/h10-23H,1-9H3/p+1. The van der Waals surface area contributed by atoms with Crippen LogP contribution < -0.4 is 4.90 Å². The smallest absolute Gasteiger partial charge is 0.427 e. The average Bonchev–Trinajstić information content (AvgIpc) is 3.26. The van der Waals surface area contributed by atoms with E-state index in [1.165, 1.54) is 15.4 Å². The maximum Gasteiger partial charge on any atom is 0.427 e. The fraction of sp³-hybridized carbons (Fsp3) is 0.353. The topological polar surface area (TPSA) is 74.5 Å². The number of nitrogens with zero attached hydrogens (tertiary/aromatic N) is 3. The van der Waals surface area contributed by atoms with Crippen LogP contribution in [-0.2, 0) is 24.9 Å². The Labute approximate surface area is 259 Å². The summed E-state index contributed by atoms with van der Waals surface area (Å²) in [5.41, 5.74) is 6.28. The largest absolute Gasteiger partial charge is 0.443 e. The van der Waals surface area contributed by atoms with Crippen molar-refractivity contribution in [2.24, 2.45) is 0 Å². The van der Waals surface area contributed by atoms with Crippen molar-refractivity contribution in [2.45, 2.75) is 64.9 Å². The fourth-order valence-corrected chi connectivity index (χ4v) is 6.19. The first kappa shape index (κ1) is 32.3. The van der Waals surface area contributed by atoms with Crippen LogP contribution in [0, 0.1) is 0 Å². The number of anilines is 1. The van der Waals surface area contributed by atoms with Crippen LogP contribution in [-0.4, -0.2) is 45.6 Å². The maximum atomic E-state index is 13.3. The highest BCUT2D eigenvalue weighted by Gasteiger charge is 2.42. The molecule has 0 saturated carbocycles. The molecule has 0 radical (unpaired) electrons. The SMILES string of the molecule is CN1C(=CC=CC(=CC=CC2=[N+](C)c3ccccc3C2(C)C)N(SOOO)C(=O)OC(C)(C)C)C(C)(C)c2ccccc21. The average molecular weight is 605 g/mol. The number of carbonyl (C=O) groups excluding carboxylic acids is 1. The number of likely N-dealkylation sites (N-methyl/N-ethyl adjacent to an activating group) is 1. The van der Waals surface area contributed by atoms with Crippen molar-refractivity contribution in [2.75, 3.05) is 19.0 Å². The fourth-order valence-electron chi connectivity index (χ4n) is 5.80. The molecule has 2 aromatic rings. The molecule has 2 aliphatic rings. The molecule has 0 aliphatic carbocycles. The van der Waals surface area contributed by atoms with Gasteiger partial charge >= 0.3 is 6.09 Å². The molecule has 8 nitrogen and oxygen atoms in total. The summed E-state index contributed by atoms with van der Waals surface area (Å²) in [6, 6.07) is 16.7. The molecular weight excluding hydrogens is 562 g/mol. The minimum atomic E-state index is -0.761. The Bertz CT molecular complexity index is 1530. The van der Waals surface area contributed by atoms with Crippen molar-refractivity contribution in [1.82, 2.24) is 4.31 Å². The summed E-state index contributed by atoms with van der Waals surface area (Å²) in [7, 11) is 4.11. The molecule has 2 aliphatic heterocycles. The highest BCUT2D eigenvalue weighted by Crippen LogP contribution is 2.46. The Balaban J connectivity index is 1.73. The Hall–Kier alpha value is -3.63. The molecule has 9 heteroatoms. The number of hydrogen-bond donors (Lipinski definition) is 1. The molecule has 0 atom stereocenters. The second-order valence-corrected chi connectivity index (χ2v) is 13.3. The number of carbonyl (C=O) groups is 1. The molecule has 0 saturated heterocycles. The molecular formula is C34H42N3O5S+. The van der Waals surface area contributed by atoms with Crippen LogP contribution in [0.3, 0.4) is 0 Å². The van der Waals surface area contributed by atoms with E-state index >= 15 is 0 Å². The highest BCUT2D eigenvalue weighted by molar-refractivity contribution is 7.92. The summed E-state index contributed by atoms with van der Waals surface area (Å²) in [6.45, 7) is 14.1. The predicted octanol–water partition coefficient (Wildman–Crippen LogP) is 8.22. The minimum absolute atomic E-state index is 0.211. The number of fused-ring (bicyclic) bond motifs is 2. The van der Waals surface area contributed by atoms with Gasteiger partial charge in [-0.15, -0.1) is 4.33 Å². The molecule has 1 N–H and O–H groups in total. The predicted molar refractivity (Wildman–Crippen MR) is 173 cm³/mol. The van der Waals surface area contributed by atoms with Crippen molar-refractivity contribution in [3.63, 3.8) is 0 Å². The molecule has 2 aromatic carbocycles. The second kappa shape index (κ2) is 12.5. The van der Waals surface area contributed by atoms with Gasteiger partial charge in [-0.05, 0) is 64.5 Å². The lowest BCUT2D eigenvalue weighted by molar-refractivity contribution is -0.433. The van der Waals surface area contributed by atoms with Crippen molar-refractivity contribution in [3.8, 4) is 0 Å². The van der Waals surface area contributed by atoms with E-state index < -0.39 is 11.7 Å². The van der Waals surface area contributed by atoms with Gasteiger partial charge in [0.15, 0.2) is 17.9 Å². The third kappa shape index (κ3) is 6.65. The lowest BCUT2D eigenvalue weighted by Gasteiger charge is -2.25. The molecule has 0 aromatic heterocycles. The molecule has 1 amide bonds. The molecule has 0 spiro atoms. The highest BCUT2D eigenvalue weighted by atomic mass is 32.2. The van der Waals surface area contributed by atoms with Crippen LogP contribution in [0.15, 0.2) is 96.4 Å². The van der Waals surface area contributed by atoms with E-state index in [-0.39, 0.29) is 10.8 Å². The first-order valence-corrected chi connectivity index (χ1v) is 14.9. The van der Waals surface area contributed by atoms with E-state index in [0.717, 1.165) is 22.8 Å². The van der Waals surface area contributed by atoms with Crippen LogP contribution >= 0.6 is 12.2 Å². The van der Waals surface area contributed by atoms with Crippen molar-refractivity contribution in [3.05, 3.63) is 108 Å². The van der Waals surface area contributed by atoms with Gasteiger partial charge < -0.3 is 9.64 Å². The molecule has 228 valence electrons. The minimum Gasteiger partial charge on any atom is -0.443 e. The maximum absolute atomic E-state index is 13.3. The zero-order valence-corrected chi connectivity index (χ0v) is 27.2. The van der Waals surface area contributed by atoms with E-state index in [1.807, 2.05) is 36.4 Å². The number of allylic oxidation sites excluding steroid dienone is 7. The van der Waals surface area contributed by atoms with E-state index in [1.54, 1.807) is 32.9 Å². The Kier molecular flexibility index (Phi) is 9.42. The number of rotatable bonds is 8. The van der Waals surface area contributed by atoms with Gasteiger partial charge in [-0.2, -0.15) is 8.88 Å².